The molecule has 0 radical (unpaired) electrons. The van der Waals surface area contributed by atoms with Gasteiger partial charge in [0.1, 0.15) is 29.2 Å². The minimum Gasteiger partial charge on any atom is -0.508 e. The van der Waals surface area contributed by atoms with E-state index in [2.05, 4.69) is 20.6 Å². The summed E-state index contributed by atoms with van der Waals surface area (Å²) < 4.78 is 0. The van der Waals surface area contributed by atoms with Crippen molar-refractivity contribution in [2.45, 2.75) is 12.8 Å². The van der Waals surface area contributed by atoms with Gasteiger partial charge >= 0.3 is 5.69 Å². The lowest BCUT2D eigenvalue weighted by atomic mass is 9.79. The first-order valence-electron chi connectivity index (χ1n) is 9.48. The maximum atomic E-state index is 12.6. The molecular weight excluding hydrogens is 404 g/mol. The molecular formula is C21H18N4O6. The second-order valence-corrected chi connectivity index (χ2v) is 7.31. The molecule has 2 aromatic carbocycles. The van der Waals surface area contributed by atoms with E-state index in [1.807, 2.05) is 0 Å². The van der Waals surface area contributed by atoms with Crippen LogP contribution in [0.4, 0.5) is 11.4 Å². The maximum absolute atomic E-state index is 12.6. The molecule has 4 rings (SSSR count). The Morgan fingerprint density at radius 2 is 1.29 bits per heavy atom. The Morgan fingerprint density at radius 1 is 0.774 bits per heavy atom. The van der Waals surface area contributed by atoms with Gasteiger partial charge in [-0.05, 0) is 42.5 Å². The minimum atomic E-state index is -1.19. The summed E-state index contributed by atoms with van der Waals surface area (Å²) in [5.74, 6) is -4.62. The van der Waals surface area contributed by atoms with Crippen LogP contribution in [0.2, 0.25) is 0 Å². The second-order valence-electron chi connectivity index (χ2n) is 7.31. The lowest BCUT2D eigenvalue weighted by molar-refractivity contribution is -0.145. The van der Waals surface area contributed by atoms with E-state index in [-0.39, 0.29) is 24.3 Å². The number of carbonyl (C=O) groups excluding carboxylic acids is 4. The number of Topliss-reactive ketones (excluding diaryl/α,β-unsaturated/α-hetero) is 2. The average Bonchev–Trinajstić information content (AvgIpc) is 3.10. The fraction of sp³-hybridized carbons (Fsp3) is 0.190. The number of ketones is 2. The van der Waals surface area contributed by atoms with Gasteiger partial charge in [0, 0.05) is 24.2 Å². The van der Waals surface area contributed by atoms with Crippen LogP contribution in [0.25, 0.3) is 11.0 Å². The summed E-state index contributed by atoms with van der Waals surface area (Å²) in [6.07, 6.45) is -0.743. The van der Waals surface area contributed by atoms with Crippen LogP contribution in [-0.2, 0) is 19.2 Å². The highest BCUT2D eigenvalue weighted by atomic mass is 16.3. The largest absolute Gasteiger partial charge is 0.508 e. The first-order valence-corrected chi connectivity index (χ1v) is 9.48. The monoisotopic (exact) mass is 422 g/mol. The molecule has 10 heteroatoms. The number of anilines is 2. The van der Waals surface area contributed by atoms with Gasteiger partial charge in [0.25, 0.3) is 0 Å². The first-order chi connectivity index (χ1) is 14.8. The standard InChI is InChI=1S/C21H18N4O6/c26-12-4-1-10(2-5-12)22-19(29)13-8-18(28)14(9-17(13)27)20(30)23-11-3-6-15-16(7-11)25-21(31)24-15/h1-7,13-14,26H,8-9H2,(H,22,29)(H,23,30)(H2,24,25,31). The van der Waals surface area contributed by atoms with Crippen LogP contribution in [-0.4, -0.2) is 38.5 Å². The Kier molecular flexibility index (Phi) is 5.12. The van der Waals surface area contributed by atoms with Crippen molar-refractivity contribution < 1.29 is 24.3 Å². The molecule has 10 nitrogen and oxygen atoms in total. The van der Waals surface area contributed by atoms with Crippen molar-refractivity contribution in [2.75, 3.05) is 10.6 Å². The molecule has 5 N–H and O–H groups in total. The quantitative estimate of drug-likeness (QED) is 0.314. The lowest BCUT2D eigenvalue weighted by Gasteiger charge is -2.25. The molecule has 1 heterocycles. The molecule has 1 aromatic heterocycles. The van der Waals surface area contributed by atoms with Gasteiger partial charge in [0.05, 0.1) is 11.0 Å². The van der Waals surface area contributed by atoms with Crippen LogP contribution in [0.15, 0.2) is 47.3 Å². The lowest BCUT2D eigenvalue weighted by Crippen LogP contribution is -2.43. The summed E-state index contributed by atoms with van der Waals surface area (Å²) in [5, 5.41) is 14.4. The van der Waals surface area contributed by atoms with Crippen LogP contribution in [0, 0.1) is 11.8 Å². The minimum absolute atomic E-state index is 0.0257. The fourth-order valence-corrected chi connectivity index (χ4v) is 3.51. The molecule has 1 aliphatic rings. The summed E-state index contributed by atoms with van der Waals surface area (Å²) >= 11 is 0. The maximum Gasteiger partial charge on any atom is 0.323 e. The second kappa shape index (κ2) is 7.90. The number of imidazole rings is 1. The predicted molar refractivity (Wildman–Crippen MR) is 111 cm³/mol. The molecule has 2 amide bonds. The van der Waals surface area contributed by atoms with E-state index in [4.69, 9.17) is 0 Å². The number of H-pyrrole nitrogens is 2. The molecule has 158 valence electrons. The molecule has 0 bridgehead atoms. The van der Waals surface area contributed by atoms with E-state index < -0.39 is 35.2 Å². The van der Waals surface area contributed by atoms with Crippen molar-refractivity contribution in [1.29, 1.82) is 0 Å². The van der Waals surface area contributed by atoms with E-state index in [0.717, 1.165) is 0 Å². The van der Waals surface area contributed by atoms with Crippen molar-refractivity contribution in [3.63, 3.8) is 0 Å². The van der Waals surface area contributed by atoms with E-state index >= 15 is 0 Å². The molecule has 3 aromatic rings. The molecule has 1 saturated carbocycles. The highest BCUT2D eigenvalue weighted by Crippen LogP contribution is 2.26. The molecule has 0 spiro atoms. The predicted octanol–water partition coefficient (Wildman–Crippen LogP) is 1.30. The number of hydrogen-bond donors (Lipinski definition) is 5. The molecule has 1 aliphatic carbocycles. The summed E-state index contributed by atoms with van der Waals surface area (Å²) in [6.45, 7) is 0. The first kappa shape index (κ1) is 20.1. The number of rotatable bonds is 4. The van der Waals surface area contributed by atoms with Crippen molar-refractivity contribution in [3.8, 4) is 5.75 Å². The van der Waals surface area contributed by atoms with Gasteiger partial charge in [-0.2, -0.15) is 0 Å². The topological polar surface area (TPSA) is 161 Å². The summed E-state index contributed by atoms with van der Waals surface area (Å²) in [6, 6.07) is 10.4. The number of benzene rings is 2. The van der Waals surface area contributed by atoms with E-state index in [0.29, 0.717) is 22.4 Å². The van der Waals surface area contributed by atoms with E-state index in [1.54, 1.807) is 12.1 Å². The number of aromatic nitrogens is 2. The molecule has 2 atom stereocenters. The zero-order valence-electron chi connectivity index (χ0n) is 16.1. The Labute approximate surface area is 174 Å². The van der Waals surface area contributed by atoms with E-state index in [9.17, 15) is 29.1 Å². The highest BCUT2D eigenvalue weighted by Gasteiger charge is 2.41. The molecule has 0 saturated heterocycles. The van der Waals surface area contributed by atoms with Gasteiger partial charge in [-0.25, -0.2) is 4.79 Å². The van der Waals surface area contributed by atoms with Crippen molar-refractivity contribution >= 4 is 45.8 Å². The normalized spacial score (nSPS) is 18.7. The van der Waals surface area contributed by atoms with Crippen molar-refractivity contribution in [2.24, 2.45) is 11.8 Å². The van der Waals surface area contributed by atoms with Crippen LogP contribution in [0.3, 0.4) is 0 Å². The van der Waals surface area contributed by atoms with Gasteiger partial charge in [0.2, 0.25) is 11.8 Å². The van der Waals surface area contributed by atoms with Gasteiger partial charge in [-0.1, -0.05) is 0 Å². The Morgan fingerprint density at radius 3 is 1.90 bits per heavy atom. The zero-order chi connectivity index (χ0) is 22.1. The smallest absolute Gasteiger partial charge is 0.323 e. The number of fused-ring (bicyclic) bond motifs is 1. The zero-order valence-corrected chi connectivity index (χ0v) is 16.1. The highest BCUT2D eigenvalue weighted by molar-refractivity contribution is 6.18. The number of nitrogens with one attached hydrogen (secondary N) is 4. The number of carbonyl (C=O) groups is 4. The summed E-state index contributed by atoms with van der Waals surface area (Å²) in [5.41, 5.74) is 1.40. The average molecular weight is 422 g/mol. The number of phenolic OH excluding ortho intramolecular Hbond substituents is 1. The van der Waals surface area contributed by atoms with Crippen LogP contribution < -0.4 is 16.3 Å². The van der Waals surface area contributed by atoms with Crippen LogP contribution in [0.5, 0.6) is 5.75 Å². The van der Waals surface area contributed by atoms with Gasteiger partial charge in [0.15, 0.2) is 0 Å². The number of amides is 2. The fourth-order valence-electron chi connectivity index (χ4n) is 3.51. The number of hydrogen-bond acceptors (Lipinski definition) is 6. The Balaban J connectivity index is 1.41. The Bertz CT molecular complexity index is 1260. The van der Waals surface area contributed by atoms with Crippen molar-refractivity contribution in [3.05, 3.63) is 52.9 Å². The molecule has 1 fully saturated rings. The van der Waals surface area contributed by atoms with Crippen LogP contribution in [0.1, 0.15) is 12.8 Å². The Hall–Kier alpha value is -4.21. The number of aromatic hydroxyl groups is 1. The molecule has 2 unspecified atom stereocenters. The van der Waals surface area contributed by atoms with E-state index in [1.165, 1.54) is 30.3 Å². The SMILES string of the molecule is O=C1CC(C(=O)Nc2ccc3[nH]c(=O)[nH]c3c2)C(=O)CC1C(=O)Nc1ccc(O)cc1. The van der Waals surface area contributed by atoms with Crippen molar-refractivity contribution in [1.82, 2.24) is 9.97 Å². The number of phenols is 1. The third kappa shape index (κ3) is 4.22. The molecule has 31 heavy (non-hydrogen) atoms. The third-order valence-electron chi connectivity index (χ3n) is 5.14. The summed E-state index contributed by atoms with van der Waals surface area (Å²) in [4.78, 5) is 66.5. The van der Waals surface area contributed by atoms with Gasteiger partial charge < -0.3 is 25.7 Å². The van der Waals surface area contributed by atoms with Gasteiger partial charge in [-0.15, -0.1) is 0 Å². The molecule has 0 aliphatic heterocycles. The summed E-state index contributed by atoms with van der Waals surface area (Å²) in [7, 11) is 0. The number of aromatic amines is 2. The van der Waals surface area contributed by atoms with Gasteiger partial charge in [-0.3, -0.25) is 19.2 Å². The third-order valence-corrected chi connectivity index (χ3v) is 5.14. The van der Waals surface area contributed by atoms with Crippen LogP contribution >= 0.6 is 0 Å².